The first kappa shape index (κ1) is 59.3. The molecule has 0 N–H and O–H groups in total. The van der Waals surface area contributed by atoms with Crippen LogP contribution in [-0.2, 0) is 37.9 Å². The largest absolute Gasteiger partial charge is 0.458 e. The number of benzene rings is 9. The molecule has 0 spiro atoms. The summed E-state index contributed by atoms with van der Waals surface area (Å²) in [5.41, 5.74) is 24.9. The van der Waals surface area contributed by atoms with Gasteiger partial charge in [-0.2, -0.15) is 0 Å². The first-order chi connectivity index (χ1) is 42.5. The highest BCUT2D eigenvalue weighted by Crippen LogP contribution is 2.50. The minimum atomic E-state index is -0.258. The van der Waals surface area contributed by atoms with Crippen molar-refractivity contribution in [1.29, 1.82) is 0 Å². The van der Waals surface area contributed by atoms with Crippen molar-refractivity contribution in [3.8, 4) is 46.0 Å². The molecular weight excluding hydrogens is 1110 g/mol. The van der Waals surface area contributed by atoms with Gasteiger partial charge in [0.2, 0.25) is 0 Å². The highest BCUT2D eigenvalue weighted by Gasteiger charge is 2.50. The summed E-state index contributed by atoms with van der Waals surface area (Å²) in [6.45, 7) is 47.7. The molecule has 9 aromatic rings. The van der Waals surface area contributed by atoms with Crippen molar-refractivity contribution in [3.63, 3.8) is 0 Å². The normalized spacial score (nSPS) is 15.1. The van der Waals surface area contributed by atoms with E-state index in [9.17, 15) is 0 Å². The number of fused-ring (bicyclic) bond motifs is 12. The van der Waals surface area contributed by atoms with Crippen molar-refractivity contribution in [3.05, 3.63) is 185 Å². The standard InChI is InChI=1S/C82H87B3N2O4/c1-76(2,3)46-22-28-53(29-23-46)86-61-44-67-59(42-55(61)83-57-34-48(78(7,8)9)26-32-65(57)88-69-38-50(80(13,14)15)36-63(86)73(69)83)84-56-43-60-68(91-72-41-52(82(19,20)21)40-71-75(72)85(60)58-35-49(79(10,11)12)27-33-66(58)89-71)45-62(56)87(54-30-24-47(25-31-54)77(4,5)6)64-37-51(81(16,17)18)39-70(90-67)74(64)84/h22-45H,1-21H3. The van der Waals surface area contributed by atoms with Crippen LogP contribution in [0.25, 0.3) is 0 Å². The van der Waals surface area contributed by atoms with E-state index in [-0.39, 0.29) is 58.0 Å². The Morgan fingerprint density at radius 3 is 0.824 bits per heavy atom. The van der Waals surface area contributed by atoms with Gasteiger partial charge in [-0.05, 0) is 193 Å². The van der Waals surface area contributed by atoms with Gasteiger partial charge in [0.15, 0.2) is 0 Å². The number of anilines is 6. The second kappa shape index (κ2) is 19.3. The minimum Gasteiger partial charge on any atom is -0.458 e. The van der Waals surface area contributed by atoms with Crippen molar-refractivity contribution in [1.82, 2.24) is 0 Å². The SMILES string of the molecule is CC(C)(C)c1ccc(N2c3cc4c(cc3B3c5cc6c(cc5Oc5cc(C(C)(C)C)cc2c53)N(c2ccc(C(C)(C)C)cc2)c2cc(C(C)(C)C)cc3c2B6c2cc(C(C)(C)C)ccc2O3)B2c3cc(C(C)(C)C)ccc3Oc3cc(C(C)(C)C)cc(c32)O4)cc1. The lowest BCUT2D eigenvalue weighted by Gasteiger charge is -2.44. The molecule has 6 heterocycles. The summed E-state index contributed by atoms with van der Waals surface area (Å²) in [7, 11) is 0. The van der Waals surface area contributed by atoms with Crippen LogP contribution in [0.15, 0.2) is 146 Å². The van der Waals surface area contributed by atoms with E-state index in [0.717, 1.165) is 107 Å². The summed E-state index contributed by atoms with van der Waals surface area (Å²) in [6, 6.07) is 56.4. The summed E-state index contributed by atoms with van der Waals surface area (Å²) < 4.78 is 29.7. The van der Waals surface area contributed by atoms with Gasteiger partial charge in [0.1, 0.15) is 46.0 Å². The van der Waals surface area contributed by atoms with Crippen LogP contribution in [-0.4, -0.2) is 20.1 Å². The van der Waals surface area contributed by atoms with Gasteiger partial charge in [0, 0.05) is 51.7 Å². The van der Waals surface area contributed by atoms with Crippen LogP contribution in [0, 0.1) is 0 Å². The number of nitrogens with zero attached hydrogens (tertiary/aromatic N) is 2. The molecular formula is C82H87B3N2O4. The Labute approximate surface area is 543 Å². The van der Waals surface area contributed by atoms with Crippen LogP contribution in [0.2, 0.25) is 0 Å². The zero-order valence-electron chi connectivity index (χ0n) is 57.6. The molecule has 15 rings (SSSR count). The Bertz CT molecular complexity index is 4590. The third kappa shape index (κ3) is 9.42. The van der Waals surface area contributed by atoms with Gasteiger partial charge in [-0.3, -0.25) is 0 Å². The van der Waals surface area contributed by atoms with Crippen molar-refractivity contribution in [2.24, 2.45) is 0 Å². The fraction of sp³-hybridized carbons (Fsp3) is 0.341. The maximum absolute atomic E-state index is 7.78. The highest BCUT2D eigenvalue weighted by molar-refractivity contribution is 7.03. The molecule has 0 amide bonds. The van der Waals surface area contributed by atoms with E-state index in [0.29, 0.717) is 0 Å². The number of hydrogen-bond donors (Lipinski definition) is 0. The van der Waals surface area contributed by atoms with E-state index in [1.165, 1.54) is 60.8 Å². The molecule has 6 nitrogen and oxygen atoms in total. The van der Waals surface area contributed by atoms with Gasteiger partial charge in [-0.15, -0.1) is 0 Å². The van der Waals surface area contributed by atoms with Crippen LogP contribution in [0.3, 0.4) is 0 Å². The molecule has 6 aliphatic heterocycles. The van der Waals surface area contributed by atoms with Crippen LogP contribution in [0.5, 0.6) is 46.0 Å². The summed E-state index contributed by atoms with van der Waals surface area (Å²) >= 11 is 0. The number of ether oxygens (including phenoxy) is 4. The van der Waals surface area contributed by atoms with Gasteiger partial charge in [-0.25, -0.2) is 0 Å². The third-order valence-corrected chi connectivity index (χ3v) is 20.6. The van der Waals surface area contributed by atoms with Crippen LogP contribution in [0.1, 0.15) is 184 Å². The van der Waals surface area contributed by atoms with Crippen molar-refractivity contribution < 1.29 is 18.9 Å². The summed E-state index contributed by atoms with van der Waals surface area (Å²) in [5.74, 6) is 6.99. The van der Waals surface area contributed by atoms with E-state index in [2.05, 4.69) is 301 Å². The minimum absolute atomic E-state index is 0.0276. The number of rotatable bonds is 2. The molecule has 0 atom stereocenters. The smallest absolute Gasteiger partial charge is 0.260 e. The molecule has 0 aromatic heterocycles. The van der Waals surface area contributed by atoms with Crippen molar-refractivity contribution in [2.45, 2.75) is 183 Å². The zero-order chi connectivity index (χ0) is 64.5. The summed E-state index contributed by atoms with van der Waals surface area (Å²) in [4.78, 5) is 5.04. The first-order valence-electron chi connectivity index (χ1n) is 33.2. The highest BCUT2D eigenvalue weighted by atomic mass is 16.5. The Morgan fingerprint density at radius 1 is 0.220 bits per heavy atom. The van der Waals surface area contributed by atoms with Gasteiger partial charge in [-0.1, -0.05) is 206 Å². The second-order valence-electron chi connectivity index (χ2n) is 34.3. The van der Waals surface area contributed by atoms with Crippen molar-refractivity contribution in [2.75, 3.05) is 9.80 Å². The maximum atomic E-state index is 7.78. The predicted molar refractivity (Wildman–Crippen MR) is 387 cm³/mol. The molecule has 6 aliphatic rings. The van der Waals surface area contributed by atoms with E-state index in [4.69, 9.17) is 18.9 Å². The molecule has 91 heavy (non-hydrogen) atoms. The van der Waals surface area contributed by atoms with Crippen LogP contribution < -0.4 is 77.9 Å². The monoisotopic (exact) mass is 1200 g/mol. The zero-order valence-corrected chi connectivity index (χ0v) is 57.6. The lowest BCUT2D eigenvalue weighted by molar-refractivity contribution is 0.458. The fourth-order valence-electron chi connectivity index (χ4n) is 15.0. The van der Waals surface area contributed by atoms with E-state index in [1.54, 1.807) is 0 Å². The average Bonchev–Trinajstić information content (AvgIpc) is 0.699. The molecule has 0 aliphatic carbocycles. The molecule has 0 saturated carbocycles. The Morgan fingerprint density at radius 2 is 0.495 bits per heavy atom. The topological polar surface area (TPSA) is 43.4 Å². The maximum Gasteiger partial charge on any atom is 0.260 e. The molecule has 458 valence electrons. The van der Waals surface area contributed by atoms with Crippen LogP contribution >= 0.6 is 0 Å². The molecule has 0 bridgehead atoms. The predicted octanol–water partition coefficient (Wildman–Crippen LogP) is 16.3. The molecule has 0 fully saturated rings. The second-order valence-corrected chi connectivity index (χ2v) is 34.3. The van der Waals surface area contributed by atoms with E-state index < -0.39 is 0 Å². The fourth-order valence-corrected chi connectivity index (χ4v) is 15.0. The lowest BCUT2D eigenvalue weighted by atomic mass is 9.29. The first-order valence-corrected chi connectivity index (χ1v) is 33.2. The molecule has 9 heteroatoms. The van der Waals surface area contributed by atoms with Gasteiger partial charge >= 0.3 is 0 Å². The number of hydrogen-bond acceptors (Lipinski definition) is 6. The lowest BCUT2D eigenvalue weighted by Crippen LogP contribution is -2.65. The molecule has 0 saturated heterocycles. The summed E-state index contributed by atoms with van der Waals surface area (Å²) in [5, 5.41) is 0. The average molecular weight is 1200 g/mol. The van der Waals surface area contributed by atoms with E-state index >= 15 is 0 Å². The Kier molecular flexibility index (Phi) is 12.6. The third-order valence-electron chi connectivity index (χ3n) is 20.6. The summed E-state index contributed by atoms with van der Waals surface area (Å²) in [6.07, 6.45) is 0. The quantitative estimate of drug-likeness (QED) is 0.161. The Balaban J connectivity index is 1.05. The van der Waals surface area contributed by atoms with Crippen molar-refractivity contribution >= 4 is 103 Å². The molecule has 9 aromatic carbocycles. The van der Waals surface area contributed by atoms with Gasteiger partial charge in [0.25, 0.3) is 20.1 Å². The van der Waals surface area contributed by atoms with E-state index in [1.807, 2.05) is 0 Å². The molecule has 0 unspecified atom stereocenters. The van der Waals surface area contributed by atoms with Gasteiger partial charge < -0.3 is 28.7 Å². The van der Waals surface area contributed by atoms with Gasteiger partial charge in [0.05, 0.1) is 0 Å². The molecule has 0 radical (unpaired) electrons. The Hall–Kier alpha value is -8.03. The van der Waals surface area contributed by atoms with Crippen LogP contribution in [0.4, 0.5) is 34.1 Å².